The Morgan fingerprint density at radius 2 is 1.95 bits per heavy atom. The lowest BCUT2D eigenvalue weighted by atomic mass is 10.3. The maximum Gasteiger partial charge on any atom is 0.262 e. The number of benzene rings is 1. The largest absolute Gasteiger partial charge is 0.454 e. The second-order valence-corrected chi connectivity index (χ2v) is 5.77. The highest BCUT2D eigenvalue weighted by atomic mass is 32.2. The van der Waals surface area contributed by atoms with Gasteiger partial charge in [-0.1, -0.05) is 0 Å². The summed E-state index contributed by atoms with van der Waals surface area (Å²) in [7, 11) is -3.72. The molecule has 3 rings (SSSR count). The average Bonchev–Trinajstić information content (AvgIpc) is 2.85. The molecule has 0 bridgehead atoms. The molecule has 2 heterocycles. The second-order valence-electron chi connectivity index (χ2n) is 4.09. The minimum absolute atomic E-state index is 0.0441. The average molecular weight is 293 g/mol. The number of nitrogen functional groups attached to an aromatic ring is 1. The van der Waals surface area contributed by atoms with E-state index in [2.05, 4.69) is 9.71 Å². The van der Waals surface area contributed by atoms with Gasteiger partial charge in [-0.15, -0.1) is 0 Å². The minimum atomic E-state index is -3.72. The number of aromatic nitrogens is 1. The Morgan fingerprint density at radius 3 is 2.75 bits per heavy atom. The van der Waals surface area contributed by atoms with Gasteiger partial charge in [0.05, 0.1) is 10.6 Å². The van der Waals surface area contributed by atoms with Crippen molar-refractivity contribution in [1.29, 1.82) is 0 Å². The molecular formula is C12H11N3O4S. The summed E-state index contributed by atoms with van der Waals surface area (Å²) in [6, 6.07) is 7.45. The fourth-order valence-electron chi connectivity index (χ4n) is 1.77. The Bertz CT molecular complexity index is 761. The van der Waals surface area contributed by atoms with Crippen LogP contribution in [0.1, 0.15) is 0 Å². The first kappa shape index (κ1) is 12.5. The maximum absolute atomic E-state index is 12.2. The van der Waals surface area contributed by atoms with Crippen molar-refractivity contribution in [3.63, 3.8) is 0 Å². The highest BCUT2D eigenvalue weighted by molar-refractivity contribution is 7.92. The summed E-state index contributed by atoms with van der Waals surface area (Å²) in [4.78, 5) is 3.80. The van der Waals surface area contributed by atoms with E-state index in [1.165, 1.54) is 18.3 Å². The summed E-state index contributed by atoms with van der Waals surface area (Å²) in [5.74, 6) is 1.22. The van der Waals surface area contributed by atoms with Gasteiger partial charge in [-0.2, -0.15) is 0 Å². The number of rotatable bonds is 3. The molecule has 1 aromatic heterocycles. The van der Waals surface area contributed by atoms with Crippen LogP contribution < -0.4 is 19.9 Å². The first-order valence-corrected chi connectivity index (χ1v) is 7.17. The Hall–Kier alpha value is -2.48. The number of pyridine rings is 1. The summed E-state index contributed by atoms with van der Waals surface area (Å²) < 4.78 is 37.2. The van der Waals surface area contributed by atoms with Gasteiger partial charge in [0.15, 0.2) is 11.5 Å². The zero-order valence-corrected chi connectivity index (χ0v) is 11.1. The van der Waals surface area contributed by atoms with Crippen LogP contribution >= 0.6 is 0 Å². The molecule has 1 aliphatic rings. The van der Waals surface area contributed by atoms with Crippen molar-refractivity contribution in [2.45, 2.75) is 4.90 Å². The minimum Gasteiger partial charge on any atom is -0.454 e. The van der Waals surface area contributed by atoms with Crippen molar-refractivity contribution in [1.82, 2.24) is 4.98 Å². The van der Waals surface area contributed by atoms with Crippen LogP contribution in [0.2, 0.25) is 0 Å². The van der Waals surface area contributed by atoms with Gasteiger partial charge in [0.1, 0.15) is 5.82 Å². The molecule has 8 heteroatoms. The van der Waals surface area contributed by atoms with Crippen LogP contribution in [0.25, 0.3) is 0 Å². The maximum atomic E-state index is 12.2. The van der Waals surface area contributed by atoms with Crippen LogP contribution in [0.15, 0.2) is 41.4 Å². The summed E-state index contributed by atoms with van der Waals surface area (Å²) in [6.45, 7) is 0.131. The lowest BCUT2D eigenvalue weighted by molar-refractivity contribution is 0.174. The number of ether oxygens (including phenoxy) is 2. The van der Waals surface area contributed by atoms with Crippen molar-refractivity contribution in [2.75, 3.05) is 17.2 Å². The highest BCUT2D eigenvalue weighted by Crippen LogP contribution is 2.34. The van der Waals surface area contributed by atoms with Crippen molar-refractivity contribution in [3.05, 3.63) is 36.5 Å². The molecule has 2 aromatic rings. The highest BCUT2D eigenvalue weighted by Gasteiger charge is 2.18. The van der Waals surface area contributed by atoms with E-state index >= 15 is 0 Å². The summed E-state index contributed by atoms with van der Waals surface area (Å²) in [5, 5.41) is 0. The van der Waals surface area contributed by atoms with Gasteiger partial charge in [0.25, 0.3) is 10.0 Å². The van der Waals surface area contributed by atoms with E-state index in [-0.39, 0.29) is 17.5 Å². The van der Waals surface area contributed by atoms with Crippen molar-refractivity contribution in [3.8, 4) is 11.5 Å². The molecule has 1 aromatic carbocycles. The van der Waals surface area contributed by atoms with Crippen LogP contribution in [0.4, 0.5) is 11.5 Å². The van der Waals surface area contributed by atoms with Crippen molar-refractivity contribution < 1.29 is 17.9 Å². The van der Waals surface area contributed by atoms with Gasteiger partial charge >= 0.3 is 0 Å². The molecule has 0 aliphatic carbocycles. The van der Waals surface area contributed by atoms with Gasteiger partial charge in [-0.3, -0.25) is 4.72 Å². The van der Waals surface area contributed by atoms with E-state index in [4.69, 9.17) is 15.2 Å². The Balaban J connectivity index is 1.90. The lowest BCUT2D eigenvalue weighted by Gasteiger charge is -2.08. The number of nitrogens with two attached hydrogens (primary N) is 1. The molecule has 0 fully saturated rings. The Labute approximate surface area is 115 Å². The van der Waals surface area contributed by atoms with Gasteiger partial charge < -0.3 is 15.2 Å². The molecule has 0 radical (unpaired) electrons. The predicted molar refractivity (Wildman–Crippen MR) is 72.0 cm³/mol. The molecule has 7 nitrogen and oxygen atoms in total. The van der Waals surface area contributed by atoms with Crippen LogP contribution in [-0.4, -0.2) is 20.2 Å². The molecule has 20 heavy (non-hydrogen) atoms. The second kappa shape index (κ2) is 4.57. The summed E-state index contributed by atoms with van der Waals surface area (Å²) in [6.07, 6.45) is 1.34. The van der Waals surface area contributed by atoms with E-state index < -0.39 is 10.0 Å². The molecule has 0 spiro atoms. The standard InChI is InChI=1S/C12H11N3O4S/c13-12-6-9(3-4-14-12)20(16,17)15-8-1-2-10-11(5-8)19-7-18-10/h1-6,15H,7H2,(H2,13,14). The van der Waals surface area contributed by atoms with E-state index in [0.717, 1.165) is 0 Å². The van der Waals surface area contributed by atoms with Crippen LogP contribution in [0, 0.1) is 0 Å². The smallest absolute Gasteiger partial charge is 0.262 e. The van der Waals surface area contributed by atoms with Gasteiger partial charge in [0.2, 0.25) is 6.79 Å². The van der Waals surface area contributed by atoms with E-state index in [1.807, 2.05) is 0 Å². The Morgan fingerprint density at radius 1 is 1.15 bits per heavy atom. The number of hydrogen-bond acceptors (Lipinski definition) is 6. The van der Waals surface area contributed by atoms with Gasteiger partial charge in [-0.25, -0.2) is 13.4 Å². The molecule has 0 amide bonds. The third kappa shape index (κ3) is 2.32. The molecule has 3 N–H and O–H groups in total. The summed E-state index contributed by atoms with van der Waals surface area (Å²) in [5.41, 5.74) is 5.86. The molecule has 104 valence electrons. The van der Waals surface area contributed by atoms with Crippen molar-refractivity contribution in [2.24, 2.45) is 0 Å². The van der Waals surface area contributed by atoms with Gasteiger partial charge in [-0.05, 0) is 18.2 Å². The first-order chi connectivity index (χ1) is 9.54. The zero-order valence-electron chi connectivity index (χ0n) is 10.2. The number of nitrogens with one attached hydrogen (secondary N) is 1. The van der Waals surface area contributed by atoms with E-state index in [9.17, 15) is 8.42 Å². The molecule has 0 saturated carbocycles. The third-order valence-electron chi connectivity index (χ3n) is 2.69. The predicted octanol–water partition coefficient (Wildman–Crippen LogP) is 1.19. The number of anilines is 2. The van der Waals surface area contributed by atoms with Crippen LogP contribution in [0.3, 0.4) is 0 Å². The zero-order chi connectivity index (χ0) is 14.2. The number of nitrogens with zero attached hydrogens (tertiary/aromatic N) is 1. The molecule has 1 aliphatic heterocycles. The lowest BCUT2D eigenvalue weighted by Crippen LogP contribution is -2.13. The Kier molecular flexibility index (Phi) is 2.87. The summed E-state index contributed by atoms with van der Waals surface area (Å²) >= 11 is 0. The van der Waals surface area contributed by atoms with Crippen LogP contribution in [0.5, 0.6) is 11.5 Å². The monoisotopic (exact) mass is 293 g/mol. The number of hydrogen-bond donors (Lipinski definition) is 2. The third-order valence-corrected chi connectivity index (χ3v) is 4.07. The normalized spacial score (nSPS) is 13.2. The van der Waals surface area contributed by atoms with Crippen molar-refractivity contribution >= 4 is 21.5 Å². The number of fused-ring (bicyclic) bond motifs is 1. The van der Waals surface area contributed by atoms with Gasteiger partial charge in [0, 0.05) is 18.3 Å². The first-order valence-electron chi connectivity index (χ1n) is 5.69. The SMILES string of the molecule is Nc1cc(S(=O)(=O)Nc2ccc3c(c2)OCO3)ccn1. The quantitative estimate of drug-likeness (QED) is 0.881. The molecule has 0 atom stereocenters. The topological polar surface area (TPSA) is 104 Å². The molecule has 0 saturated heterocycles. The van der Waals surface area contributed by atoms with Crippen LogP contribution in [-0.2, 0) is 10.0 Å². The molecule has 0 unspecified atom stereocenters. The molecular weight excluding hydrogens is 282 g/mol. The fraction of sp³-hybridized carbons (Fsp3) is 0.0833. The number of sulfonamides is 1. The fourth-order valence-corrected chi connectivity index (χ4v) is 2.84. The van der Waals surface area contributed by atoms with E-state index in [1.54, 1.807) is 18.2 Å². The van der Waals surface area contributed by atoms with E-state index in [0.29, 0.717) is 17.2 Å².